The monoisotopic (exact) mass is 204 g/mol. The van der Waals surface area contributed by atoms with E-state index in [2.05, 4.69) is 4.74 Å². The van der Waals surface area contributed by atoms with E-state index in [1.165, 1.54) is 7.11 Å². The minimum atomic E-state index is -0.241. The summed E-state index contributed by atoms with van der Waals surface area (Å²) >= 11 is 0. The Balaban J connectivity index is 3.31. The maximum Gasteiger partial charge on any atom is 0.310 e. The molecule has 1 unspecified atom stereocenters. The zero-order valence-electron chi connectivity index (χ0n) is 9.41. The fraction of sp³-hybridized carbons (Fsp3) is 0.900. The Bertz CT molecular complexity index is 156. The molecule has 0 rings (SSSR count). The SMILES string of the molecule is COC(=O)C(C)COCCOC(C)C. The normalized spacial score (nSPS) is 12.9. The molecule has 0 amide bonds. The largest absolute Gasteiger partial charge is 0.469 e. The van der Waals surface area contributed by atoms with Gasteiger partial charge in [0.25, 0.3) is 0 Å². The van der Waals surface area contributed by atoms with Gasteiger partial charge < -0.3 is 14.2 Å². The molecule has 0 aromatic carbocycles. The molecule has 4 nitrogen and oxygen atoms in total. The first-order valence-electron chi connectivity index (χ1n) is 4.85. The first-order chi connectivity index (χ1) is 6.57. The van der Waals surface area contributed by atoms with E-state index in [0.29, 0.717) is 19.8 Å². The van der Waals surface area contributed by atoms with E-state index in [1.807, 2.05) is 13.8 Å². The molecule has 0 aliphatic carbocycles. The Kier molecular flexibility index (Phi) is 7.42. The molecule has 0 aromatic rings. The van der Waals surface area contributed by atoms with Crippen LogP contribution in [-0.4, -0.2) is 39.0 Å². The number of carbonyl (C=O) groups excluding carboxylic acids is 1. The van der Waals surface area contributed by atoms with Crippen LogP contribution < -0.4 is 0 Å². The highest BCUT2D eigenvalue weighted by molar-refractivity contribution is 5.71. The van der Waals surface area contributed by atoms with Crippen LogP contribution in [0.2, 0.25) is 0 Å². The van der Waals surface area contributed by atoms with Gasteiger partial charge in [0.2, 0.25) is 0 Å². The molecule has 0 aliphatic rings. The molecular formula is C10H20O4. The summed E-state index contributed by atoms with van der Waals surface area (Å²) in [4.78, 5) is 11.0. The van der Waals surface area contributed by atoms with Gasteiger partial charge in [-0.05, 0) is 20.8 Å². The van der Waals surface area contributed by atoms with Gasteiger partial charge in [0.05, 0.1) is 39.0 Å². The third-order valence-corrected chi connectivity index (χ3v) is 1.65. The molecule has 0 radical (unpaired) electrons. The predicted molar refractivity (Wildman–Crippen MR) is 53.1 cm³/mol. The van der Waals surface area contributed by atoms with E-state index in [4.69, 9.17) is 9.47 Å². The molecule has 0 saturated carbocycles. The maximum absolute atomic E-state index is 11.0. The lowest BCUT2D eigenvalue weighted by Crippen LogP contribution is -2.20. The lowest BCUT2D eigenvalue weighted by atomic mass is 10.2. The van der Waals surface area contributed by atoms with Crippen molar-refractivity contribution >= 4 is 5.97 Å². The number of methoxy groups -OCH3 is 1. The number of hydrogen-bond donors (Lipinski definition) is 0. The van der Waals surface area contributed by atoms with Gasteiger partial charge in [0, 0.05) is 0 Å². The highest BCUT2D eigenvalue weighted by Gasteiger charge is 2.12. The van der Waals surface area contributed by atoms with Crippen LogP contribution in [0.5, 0.6) is 0 Å². The lowest BCUT2D eigenvalue weighted by molar-refractivity contribution is -0.147. The predicted octanol–water partition coefficient (Wildman–Crippen LogP) is 1.24. The first kappa shape index (κ1) is 13.4. The van der Waals surface area contributed by atoms with E-state index in [9.17, 15) is 4.79 Å². The quantitative estimate of drug-likeness (QED) is 0.462. The van der Waals surface area contributed by atoms with Crippen molar-refractivity contribution in [2.45, 2.75) is 26.9 Å². The summed E-state index contributed by atoms with van der Waals surface area (Å²) < 4.78 is 15.1. The van der Waals surface area contributed by atoms with E-state index < -0.39 is 0 Å². The summed E-state index contributed by atoms with van der Waals surface area (Å²) in [7, 11) is 1.38. The maximum atomic E-state index is 11.0. The van der Waals surface area contributed by atoms with Gasteiger partial charge in [-0.2, -0.15) is 0 Å². The van der Waals surface area contributed by atoms with Gasteiger partial charge in [-0.15, -0.1) is 0 Å². The summed E-state index contributed by atoms with van der Waals surface area (Å²) in [6, 6.07) is 0. The third kappa shape index (κ3) is 6.86. The summed E-state index contributed by atoms with van der Waals surface area (Å²) in [6.45, 7) is 7.17. The molecule has 0 spiro atoms. The standard InChI is InChI=1S/C10H20O4/c1-8(2)14-6-5-13-7-9(3)10(11)12-4/h8-9H,5-7H2,1-4H3. The average molecular weight is 204 g/mol. The van der Waals surface area contributed by atoms with Gasteiger partial charge in [0.1, 0.15) is 0 Å². The molecule has 0 bridgehead atoms. The summed E-state index contributed by atoms with van der Waals surface area (Å²) in [5.41, 5.74) is 0. The topological polar surface area (TPSA) is 44.8 Å². The minimum absolute atomic E-state index is 0.209. The summed E-state index contributed by atoms with van der Waals surface area (Å²) in [5.74, 6) is -0.450. The van der Waals surface area contributed by atoms with Crippen molar-refractivity contribution in [3.63, 3.8) is 0 Å². The van der Waals surface area contributed by atoms with Crippen molar-refractivity contribution in [2.75, 3.05) is 26.9 Å². The van der Waals surface area contributed by atoms with Crippen molar-refractivity contribution in [3.05, 3.63) is 0 Å². The third-order valence-electron chi connectivity index (χ3n) is 1.65. The van der Waals surface area contributed by atoms with Crippen LogP contribution >= 0.6 is 0 Å². The summed E-state index contributed by atoms with van der Waals surface area (Å²) in [5, 5.41) is 0. The number of esters is 1. The Morgan fingerprint density at radius 1 is 1.21 bits per heavy atom. The fourth-order valence-electron chi connectivity index (χ4n) is 0.872. The van der Waals surface area contributed by atoms with E-state index in [1.54, 1.807) is 6.92 Å². The van der Waals surface area contributed by atoms with Crippen molar-refractivity contribution in [3.8, 4) is 0 Å². The molecular weight excluding hydrogens is 184 g/mol. The Hall–Kier alpha value is -0.610. The molecule has 0 N–H and O–H groups in total. The van der Waals surface area contributed by atoms with Crippen LogP contribution in [0.3, 0.4) is 0 Å². The molecule has 0 aromatic heterocycles. The van der Waals surface area contributed by atoms with E-state index in [0.717, 1.165) is 0 Å². The molecule has 0 heterocycles. The molecule has 84 valence electrons. The minimum Gasteiger partial charge on any atom is -0.469 e. The molecule has 0 saturated heterocycles. The van der Waals surface area contributed by atoms with Gasteiger partial charge in [-0.1, -0.05) is 0 Å². The van der Waals surface area contributed by atoms with Crippen LogP contribution in [-0.2, 0) is 19.0 Å². The Morgan fingerprint density at radius 3 is 2.36 bits per heavy atom. The number of hydrogen-bond acceptors (Lipinski definition) is 4. The average Bonchev–Trinajstić information content (AvgIpc) is 2.15. The van der Waals surface area contributed by atoms with Gasteiger partial charge in [-0.25, -0.2) is 0 Å². The van der Waals surface area contributed by atoms with Crippen LogP contribution in [0.15, 0.2) is 0 Å². The van der Waals surface area contributed by atoms with Crippen molar-refractivity contribution in [1.29, 1.82) is 0 Å². The number of ether oxygens (including phenoxy) is 3. The first-order valence-corrected chi connectivity index (χ1v) is 4.85. The van der Waals surface area contributed by atoms with Crippen molar-refractivity contribution < 1.29 is 19.0 Å². The Labute approximate surface area is 85.5 Å². The van der Waals surface area contributed by atoms with Crippen molar-refractivity contribution in [1.82, 2.24) is 0 Å². The molecule has 0 aliphatic heterocycles. The van der Waals surface area contributed by atoms with Crippen molar-refractivity contribution in [2.24, 2.45) is 5.92 Å². The smallest absolute Gasteiger partial charge is 0.310 e. The molecule has 14 heavy (non-hydrogen) atoms. The van der Waals surface area contributed by atoms with Crippen LogP contribution in [0.25, 0.3) is 0 Å². The van der Waals surface area contributed by atoms with Crippen LogP contribution in [0.4, 0.5) is 0 Å². The molecule has 0 fully saturated rings. The zero-order chi connectivity index (χ0) is 11.0. The second kappa shape index (κ2) is 7.76. The Morgan fingerprint density at radius 2 is 1.86 bits per heavy atom. The van der Waals surface area contributed by atoms with E-state index in [-0.39, 0.29) is 18.0 Å². The number of carbonyl (C=O) groups is 1. The second-order valence-corrected chi connectivity index (χ2v) is 3.42. The lowest BCUT2D eigenvalue weighted by Gasteiger charge is -2.11. The van der Waals surface area contributed by atoms with E-state index >= 15 is 0 Å². The van der Waals surface area contributed by atoms with Crippen LogP contribution in [0.1, 0.15) is 20.8 Å². The second-order valence-electron chi connectivity index (χ2n) is 3.42. The molecule has 1 atom stereocenters. The summed E-state index contributed by atoms with van der Waals surface area (Å²) in [6.07, 6.45) is 0.219. The van der Waals surface area contributed by atoms with Gasteiger partial charge in [-0.3, -0.25) is 4.79 Å². The van der Waals surface area contributed by atoms with Crippen LogP contribution in [0, 0.1) is 5.92 Å². The van der Waals surface area contributed by atoms with Gasteiger partial charge >= 0.3 is 5.97 Å². The number of rotatable bonds is 7. The zero-order valence-corrected chi connectivity index (χ0v) is 9.41. The fourth-order valence-corrected chi connectivity index (χ4v) is 0.872. The highest BCUT2D eigenvalue weighted by Crippen LogP contribution is 1.98. The van der Waals surface area contributed by atoms with Gasteiger partial charge in [0.15, 0.2) is 0 Å². The highest BCUT2D eigenvalue weighted by atomic mass is 16.5. The molecule has 4 heteroatoms.